The van der Waals surface area contributed by atoms with Crippen molar-refractivity contribution in [2.24, 2.45) is 0 Å². The molecule has 0 atom stereocenters. The molecule has 0 N–H and O–H groups in total. The number of ether oxygens (including phenoxy) is 1. The van der Waals surface area contributed by atoms with Crippen molar-refractivity contribution in [1.82, 2.24) is 9.97 Å². The minimum atomic E-state index is -0.409. The van der Waals surface area contributed by atoms with Crippen LogP contribution in [0, 0.1) is 5.82 Å². The Balaban J connectivity index is 1.65. The molecule has 0 saturated carbocycles. The lowest BCUT2D eigenvalue weighted by molar-refractivity contribution is 0.414. The fraction of sp³-hybridized carbons (Fsp3) is 0.333. The Labute approximate surface area is 123 Å². The zero-order valence-corrected chi connectivity index (χ0v) is 11.9. The predicted octanol–water partition coefficient (Wildman–Crippen LogP) is 1.95. The van der Waals surface area contributed by atoms with E-state index in [4.69, 9.17) is 4.74 Å². The van der Waals surface area contributed by atoms with E-state index in [9.17, 15) is 4.39 Å². The molecule has 5 nitrogen and oxygen atoms in total. The Kier molecular flexibility index (Phi) is 3.85. The van der Waals surface area contributed by atoms with Crippen LogP contribution in [0.1, 0.15) is 0 Å². The van der Waals surface area contributed by atoms with Gasteiger partial charge in [0.15, 0.2) is 5.82 Å². The number of hydrogen-bond acceptors (Lipinski definition) is 5. The summed E-state index contributed by atoms with van der Waals surface area (Å²) in [5, 5.41) is 0. The van der Waals surface area contributed by atoms with Crippen molar-refractivity contribution < 1.29 is 9.13 Å². The lowest BCUT2D eigenvalue weighted by atomic mass is 10.2. The molecule has 0 unspecified atom stereocenters. The number of halogens is 1. The van der Waals surface area contributed by atoms with Crippen LogP contribution in [0.4, 0.5) is 16.0 Å². The van der Waals surface area contributed by atoms with E-state index in [0.717, 1.165) is 37.6 Å². The molecule has 3 rings (SSSR count). The molecule has 0 radical (unpaired) electrons. The Bertz CT molecular complexity index is 597. The average Bonchev–Trinajstić information content (AvgIpc) is 2.56. The summed E-state index contributed by atoms with van der Waals surface area (Å²) in [5.41, 5.74) is 1.15. The van der Waals surface area contributed by atoms with Crippen LogP contribution in [-0.2, 0) is 0 Å². The van der Waals surface area contributed by atoms with Gasteiger partial charge in [-0.3, -0.25) is 0 Å². The number of hydrogen-bond donors (Lipinski definition) is 0. The molecule has 1 aromatic heterocycles. The second kappa shape index (κ2) is 5.95. The minimum Gasteiger partial charge on any atom is -0.497 e. The van der Waals surface area contributed by atoms with E-state index in [1.165, 1.54) is 12.4 Å². The van der Waals surface area contributed by atoms with Crippen LogP contribution in [-0.4, -0.2) is 43.3 Å². The third kappa shape index (κ3) is 3.04. The SMILES string of the molecule is COc1cccc(N2CCN(c3ncc(F)cn3)CC2)c1. The summed E-state index contributed by atoms with van der Waals surface area (Å²) < 4.78 is 18.1. The second-order valence-electron chi connectivity index (χ2n) is 4.88. The maximum Gasteiger partial charge on any atom is 0.225 e. The molecular formula is C15H17FN4O. The first kappa shape index (κ1) is 13.6. The van der Waals surface area contributed by atoms with Crippen molar-refractivity contribution in [3.63, 3.8) is 0 Å². The zero-order chi connectivity index (χ0) is 14.7. The summed E-state index contributed by atoms with van der Waals surface area (Å²) in [6.45, 7) is 3.35. The van der Waals surface area contributed by atoms with Gasteiger partial charge in [0.1, 0.15) is 5.75 Å². The van der Waals surface area contributed by atoms with E-state index >= 15 is 0 Å². The molecule has 0 aliphatic carbocycles. The lowest BCUT2D eigenvalue weighted by Gasteiger charge is -2.36. The number of anilines is 2. The van der Waals surface area contributed by atoms with E-state index in [-0.39, 0.29) is 0 Å². The largest absolute Gasteiger partial charge is 0.497 e. The average molecular weight is 288 g/mol. The van der Waals surface area contributed by atoms with Crippen molar-refractivity contribution in [1.29, 1.82) is 0 Å². The smallest absolute Gasteiger partial charge is 0.225 e. The van der Waals surface area contributed by atoms with Crippen LogP contribution in [0.3, 0.4) is 0 Å². The first-order chi connectivity index (χ1) is 10.3. The van der Waals surface area contributed by atoms with Crippen molar-refractivity contribution in [3.05, 3.63) is 42.5 Å². The molecule has 0 spiro atoms. The Hall–Kier alpha value is -2.37. The van der Waals surface area contributed by atoms with Gasteiger partial charge in [-0.1, -0.05) is 6.07 Å². The van der Waals surface area contributed by atoms with Crippen LogP contribution < -0.4 is 14.5 Å². The highest BCUT2D eigenvalue weighted by atomic mass is 19.1. The quantitative estimate of drug-likeness (QED) is 0.863. The number of rotatable bonds is 3. The third-order valence-electron chi connectivity index (χ3n) is 3.59. The zero-order valence-electron chi connectivity index (χ0n) is 11.9. The first-order valence-corrected chi connectivity index (χ1v) is 6.88. The van der Waals surface area contributed by atoms with Gasteiger partial charge in [-0.05, 0) is 12.1 Å². The molecule has 6 heteroatoms. The summed E-state index contributed by atoms with van der Waals surface area (Å²) in [6, 6.07) is 8.03. The van der Waals surface area contributed by atoms with Crippen molar-refractivity contribution in [2.45, 2.75) is 0 Å². The molecular weight excluding hydrogens is 271 g/mol. The Morgan fingerprint density at radius 2 is 1.71 bits per heavy atom. The number of piperazine rings is 1. The fourth-order valence-corrected chi connectivity index (χ4v) is 2.44. The van der Waals surface area contributed by atoms with Crippen LogP contribution in [0.2, 0.25) is 0 Å². The summed E-state index contributed by atoms with van der Waals surface area (Å²) in [4.78, 5) is 12.4. The highest BCUT2D eigenvalue weighted by molar-refractivity contribution is 5.52. The van der Waals surface area contributed by atoms with E-state index in [1.807, 2.05) is 18.2 Å². The molecule has 1 aliphatic heterocycles. The maximum absolute atomic E-state index is 12.8. The van der Waals surface area contributed by atoms with Crippen molar-refractivity contribution in [2.75, 3.05) is 43.1 Å². The molecule has 1 aromatic carbocycles. The molecule has 1 fully saturated rings. The van der Waals surface area contributed by atoms with E-state index in [2.05, 4.69) is 25.8 Å². The van der Waals surface area contributed by atoms with Gasteiger partial charge in [0.2, 0.25) is 5.95 Å². The molecule has 2 heterocycles. The van der Waals surface area contributed by atoms with Gasteiger partial charge in [-0.2, -0.15) is 0 Å². The molecule has 1 saturated heterocycles. The maximum atomic E-state index is 12.8. The standard InChI is InChI=1S/C15H17FN4O/c1-21-14-4-2-3-13(9-14)19-5-7-20(8-6-19)15-17-10-12(16)11-18-15/h2-4,9-11H,5-8H2,1H3. The molecule has 21 heavy (non-hydrogen) atoms. The predicted molar refractivity (Wildman–Crippen MR) is 79.4 cm³/mol. The molecule has 0 amide bonds. The van der Waals surface area contributed by atoms with E-state index < -0.39 is 5.82 Å². The van der Waals surface area contributed by atoms with Gasteiger partial charge < -0.3 is 14.5 Å². The summed E-state index contributed by atoms with van der Waals surface area (Å²) in [7, 11) is 1.67. The minimum absolute atomic E-state index is 0.409. The number of nitrogens with zero attached hydrogens (tertiary/aromatic N) is 4. The van der Waals surface area contributed by atoms with Gasteiger partial charge in [0, 0.05) is 37.9 Å². The topological polar surface area (TPSA) is 41.5 Å². The van der Waals surface area contributed by atoms with E-state index in [1.54, 1.807) is 7.11 Å². The first-order valence-electron chi connectivity index (χ1n) is 6.88. The fourth-order valence-electron chi connectivity index (χ4n) is 2.44. The van der Waals surface area contributed by atoms with E-state index in [0.29, 0.717) is 5.95 Å². The van der Waals surface area contributed by atoms with Gasteiger partial charge in [-0.15, -0.1) is 0 Å². The Morgan fingerprint density at radius 3 is 2.38 bits per heavy atom. The van der Waals surface area contributed by atoms with Crippen LogP contribution in [0.15, 0.2) is 36.7 Å². The van der Waals surface area contributed by atoms with Crippen molar-refractivity contribution >= 4 is 11.6 Å². The highest BCUT2D eigenvalue weighted by Crippen LogP contribution is 2.22. The highest BCUT2D eigenvalue weighted by Gasteiger charge is 2.19. The molecule has 110 valence electrons. The Morgan fingerprint density at radius 1 is 1.05 bits per heavy atom. The van der Waals surface area contributed by atoms with Crippen molar-refractivity contribution in [3.8, 4) is 5.75 Å². The summed E-state index contributed by atoms with van der Waals surface area (Å²) >= 11 is 0. The summed E-state index contributed by atoms with van der Waals surface area (Å²) in [6.07, 6.45) is 2.41. The molecule has 2 aromatic rings. The van der Waals surface area contributed by atoms with Crippen LogP contribution in [0.25, 0.3) is 0 Å². The normalized spacial score (nSPS) is 15.1. The van der Waals surface area contributed by atoms with Gasteiger partial charge in [0.05, 0.1) is 19.5 Å². The third-order valence-corrected chi connectivity index (χ3v) is 3.59. The van der Waals surface area contributed by atoms with Gasteiger partial charge in [-0.25, -0.2) is 14.4 Å². The number of benzene rings is 1. The van der Waals surface area contributed by atoms with Gasteiger partial charge in [0.25, 0.3) is 0 Å². The molecule has 0 bridgehead atoms. The number of methoxy groups -OCH3 is 1. The number of aromatic nitrogens is 2. The molecule has 1 aliphatic rings. The van der Waals surface area contributed by atoms with Gasteiger partial charge >= 0.3 is 0 Å². The lowest BCUT2D eigenvalue weighted by Crippen LogP contribution is -2.47. The van der Waals surface area contributed by atoms with Crippen LogP contribution >= 0.6 is 0 Å². The monoisotopic (exact) mass is 288 g/mol. The second-order valence-corrected chi connectivity index (χ2v) is 4.88. The summed E-state index contributed by atoms with van der Waals surface area (Å²) in [5.74, 6) is 1.03. The van der Waals surface area contributed by atoms with Crippen LogP contribution in [0.5, 0.6) is 5.75 Å².